The van der Waals surface area contributed by atoms with E-state index < -0.39 is 0 Å². The minimum absolute atomic E-state index is 0.163. The van der Waals surface area contributed by atoms with Crippen LogP contribution in [0.2, 0.25) is 0 Å². The zero-order chi connectivity index (χ0) is 17.4. The molecule has 1 amide bonds. The van der Waals surface area contributed by atoms with Gasteiger partial charge in [0.25, 0.3) is 0 Å². The molecule has 1 N–H and O–H groups in total. The molecule has 2 aromatic rings. The first-order chi connectivity index (χ1) is 12.2. The van der Waals surface area contributed by atoms with Crippen molar-refractivity contribution in [1.82, 2.24) is 5.32 Å². The van der Waals surface area contributed by atoms with Crippen molar-refractivity contribution in [2.45, 2.75) is 25.7 Å². The lowest BCUT2D eigenvalue weighted by Gasteiger charge is -2.33. The summed E-state index contributed by atoms with van der Waals surface area (Å²) in [5, 5.41) is 14.5. The van der Waals surface area contributed by atoms with Crippen molar-refractivity contribution in [3.05, 3.63) is 74.8 Å². The summed E-state index contributed by atoms with van der Waals surface area (Å²) in [6.45, 7) is 1.42. The second kappa shape index (κ2) is 6.23. The van der Waals surface area contributed by atoms with Crippen LogP contribution in [0, 0.1) is 11.3 Å². The third-order valence-corrected chi connectivity index (χ3v) is 5.48. The molecule has 0 fully saturated rings. The first kappa shape index (κ1) is 15.7. The highest BCUT2D eigenvalue weighted by Crippen LogP contribution is 2.48. The normalized spacial score (nSPS) is 18.8. The van der Waals surface area contributed by atoms with Gasteiger partial charge in [-0.25, -0.2) is 0 Å². The van der Waals surface area contributed by atoms with Gasteiger partial charge in [0.1, 0.15) is 17.4 Å². The Labute approximate surface area is 150 Å². The Morgan fingerprint density at radius 2 is 2.12 bits per heavy atom. The Morgan fingerprint density at radius 3 is 2.84 bits per heavy atom. The number of rotatable bonds is 2. The van der Waals surface area contributed by atoms with Crippen LogP contribution in [0.3, 0.4) is 0 Å². The van der Waals surface area contributed by atoms with E-state index >= 15 is 0 Å². The standard InChI is InChI=1S/C20H16N2O2S/c1-12(23)22-20-16(11-21)18(17-7-4-10-25-17)15-9-8-13-5-2-3-6-14(13)19(15)24-20/h2-7,10,18H,8-9H2,1H3,(H,22,23). The number of thiophene rings is 1. The number of nitrogens with one attached hydrogen (secondary N) is 1. The predicted octanol–water partition coefficient (Wildman–Crippen LogP) is 4.09. The Morgan fingerprint density at radius 1 is 1.28 bits per heavy atom. The number of carbonyl (C=O) groups is 1. The number of benzene rings is 1. The van der Waals surface area contributed by atoms with E-state index in [1.165, 1.54) is 12.5 Å². The molecule has 1 atom stereocenters. The lowest BCUT2D eigenvalue weighted by Crippen LogP contribution is -2.29. The van der Waals surface area contributed by atoms with Gasteiger partial charge in [-0.3, -0.25) is 10.1 Å². The van der Waals surface area contributed by atoms with Crippen LogP contribution >= 0.6 is 11.3 Å². The predicted molar refractivity (Wildman–Crippen MR) is 96.3 cm³/mol. The molecular formula is C20H16N2O2S. The molecule has 124 valence electrons. The molecule has 1 unspecified atom stereocenters. The number of allylic oxidation sites excluding steroid dienone is 2. The molecule has 4 rings (SSSR count). The Bertz CT molecular complexity index is 948. The number of ether oxygens (including phenoxy) is 1. The fourth-order valence-corrected chi connectivity index (χ4v) is 4.38. The maximum absolute atomic E-state index is 11.6. The largest absolute Gasteiger partial charge is 0.439 e. The van der Waals surface area contributed by atoms with Crippen molar-refractivity contribution >= 4 is 23.0 Å². The minimum atomic E-state index is -0.249. The van der Waals surface area contributed by atoms with Crippen molar-refractivity contribution < 1.29 is 9.53 Å². The Balaban J connectivity index is 1.92. The third-order valence-electron chi connectivity index (χ3n) is 4.54. The fraction of sp³-hybridized carbons (Fsp3) is 0.200. The van der Waals surface area contributed by atoms with Crippen LogP contribution in [0.25, 0.3) is 5.76 Å². The van der Waals surface area contributed by atoms with Crippen molar-refractivity contribution in [3.8, 4) is 6.07 Å². The molecule has 5 heteroatoms. The monoisotopic (exact) mass is 348 g/mol. The second-order valence-electron chi connectivity index (χ2n) is 6.10. The van der Waals surface area contributed by atoms with Gasteiger partial charge >= 0.3 is 0 Å². The number of nitriles is 1. The third kappa shape index (κ3) is 2.65. The number of hydrogen-bond acceptors (Lipinski definition) is 4. The first-order valence-electron chi connectivity index (χ1n) is 8.13. The van der Waals surface area contributed by atoms with E-state index in [4.69, 9.17) is 4.74 Å². The molecule has 2 aliphatic rings. The van der Waals surface area contributed by atoms with Gasteiger partial charge in [-0.1, -0.05) is 30.3 Å². The SMILES string of the molecule is CC(=O)NC1=C(C#N)C(c2cccs2)C2=C(O1)c1ccccc1CC2. The van der Waals surface area contributed by atoms with Gasteiger partial charge in [0, 0.05) is 17.4 Å². The summed E-state index contributed by atoms with van der Waals surface area (Å²) in [4.78, 5) is 12.7. The van der Waals surface area contributed by atoms with E-state index in [1.807, 2.05) is 35.7 Å². The molecule has 0 bridgehead atoms. The summed E-state index contributed by atoms with van der Waals surface area (Å²) < 4.78 is 6.07. The molecule has 2 heterocycles. The molecule has 0 radical (unpaired) electrons. The fourth-order valence-electron chi connectivity index (χ4n) is 3.51. The zero-order valence-corrected chi connectivity index (χ0v) is 14.5. The molecule has 1 aromatic carbocycles. The number of amides is 1. The number of aryl methyl sites for hydroxylation is 1. The van der Waals surface area contributed by atoms with E-state index in [9.17, 15) is 10.1 Å². The lowest BCUT2D eigenvalue weighted by molar-refractivity contribution is -0.118. The topological polar surface area (TPSA) is 62.1 Å². The first-order valence-corrected chi connectivity index (χ1v) is 9.01. The van der Waals surface area contributed by atoms with Crippen LogP contribution in [0.4, 0.5) is 0 Å². The van der Waals surface area contributed by atoms with Crippen molar-refractivity contribution in [2.75, 3.05) is 0 Å². The molecule has 25 heavy (non-hydrogen) atoms. The molecule has 1 aliphatic heterocycles. The van der Waals surface area contributed by atoms with E-state index in [0.717, 1.165) is 34.6 Å². The summed E-state index contributed by atoms with van der Waals surface area (Å²) in [5.74, 6) is 0.622. The van der Waals surface area contributed by atoms with E-state index in [1.54, 1.807) is 11.3 Å². The van der Waals surface area contributed by atoms with Gasteiger partial charge < -0.3 is 4.74 Å². The molecule has 1 aliphatic carbocycles. The summed E-state index contributed by atoms with van der Waals surface area (Å²) in [5.41, 5.74) is 3.86. The van der Waals surface area contributed by atoms with Crippen molar-refractivity contribution in [2.24, 2.45) is 0 Å². The van der Waals surface area contributed by atoms with Crippen molar-refractivity contribution in [3.63, 3.8) is 0 Å². The summed E-state index contributed by atoms with van der Waals surface area (Å²) in [6.07, 6.45) is 1.77. The molecule has 4 nitrogen and oxygen atoms in total. The van der Waals surface area contributed by atoms with E-state index in [0.29, 0.717) is 5.57 Å². The van der Waals surface area contributed by atoms with Crippen molar-refractivity contribution in [1.29, 1.82) is 5.26 Å². The van der Waals surface area contributed by atoms with Gasteiger partial charge in [0.2, 0.25) is 11.8 Å². The number of nitrogens with zero attached hydrogens (tertiary/aromatic N) is 1. The highest BCUT2D eigenvalue weighted by molar-refractivity contribution is 7.10. The smallest absolute Gasteiger partial charge is 0.223 e. The molecule has 0 saturated carbocycles. The van der Waals surface area contributed by atoms with Gasteiger partial charge in [-0.2, -0.15) is 5.26 Å². The van der Waals surface area contributed by atoms with Crippen LogP contribution in [-0.4, -0.2) is 5.91 Å². The highest BCUT2D eigenvalue weighted by Gasteiger charge is 2.37. The summed E-state index contributed by atoms with van der Waals surface area (Å²) in [7, 11) is 0. The Hall–Kier alpha value is -2.84. The van der Waals surface area contributed by atoms with Gasteiger partial charge in [-0.05, 0) is 35.4 Å². The average Bonchev–Trinajstić information content (AvgIpc) is 3.14. The molecule has 1 aromatic heterocycles. The minimum Gasteiger partial charge on any atom is -0.439 e. The van der Waals surface area contributed by atoms with Gasteiger partial charge in [0.05, 0.1) is 5.92 Å². The highest BCUT2D eigenvalue weighted by atomic mass is 32.1. The van der Waals surface area contributed by atoms with Crippen LogP contribution in [0.1, 0.15) is 35.3 Å². The van der Waals surface area contributed by atoms with E-state index in [-0.39, 0.29) is 17.7 Å². The van der Waals surface area contributed by atoms with Crippen LogP contribution in [0.5, 0.6) is 0 Å². The summed E-state index contributed by atoms with van der Waals surface area (Å²) in [6, 6.07) is 14.4. The van der Waals surface area contributed by atoms with Crippen LogP contribution in [0.15, 0.2) is 58.8 Å². The average molecular weight is 348 g/mol. The number of fused-ring (bicyclic) bond motifs is 2. The summed E-state index contributed by atoms with van der Waals surface area (Å²) >= 11 is 1.62. The Kier molecular flexibility index (Phi) is 3.90. The number of hydrogen-bond donors (Lipinski definition) is 1. The lowest BCUT2D eigenvalue weighted by atomic mass is 9.79. The van der Waals surface area contributed by atoms with Crippen LogP contribution in [-0.2, 0) is 16.0 Å². The maximum Gasteiger partial charge on any atom is 0.223 e. The maximum atomic E-state index is 11.6. The molecule has 0 saturated heterocycles. The van der Waals surface area contributed by atoms with E-state index in [2.05, 4.69) is 17.5 Å². The molecular weight excluding hydrogens is 332 g/mol. The van der Waals surface area contributed by atoms with Gasteiger partial charge in [-0.15, -0.1) is 11.3 Å². The second-order valence-corrected chi connectivity index (χ2v) is 7.08. The zero-order valence-electron chi connectivity index (χ0n) is 13.7. The van der Waals surface area contributed by atoms with Gasteiger partial charge in [0.15, 0.2) is 0 Å². The quantitative estimate of drug-likeness (QED) is 0.889. The van der Waals surface area contributed by atoms with Crippen LogP contribution < -0.4 is 5.32 Å². The number of carbonyl (C=O) groups excluding carboxylic acids is 1. The molecule has 0 spiro atoms.